The van der Waals surface area contributed by atoms with E-state index in [4.69, 9.17) is 4.74 Å². The molecular weight excluding hydrogens is 190 g/mol. The third-order valence-corrected chi connectivity index (χ3v) is 2.08. The van der Waals surface area contributed by atoms with Crippen molar-refractivity contribution in [2.75, 3.05) is 20.2 Å². The second-order valence-corrected chi connectivity index (χ2v) is 3.31. The first-order valence-corrected chi connectivity index (χ1v) is 5.17. The molecule has 0 aromatic heterocycles. The molecule has 0 radical (unpaired) electrons. The van der Waals surface area contributed by atoms with Gasteiger partial charge >= 0.3 is 5.97 Å². The smallest absolute Gasteiger partial charge is 0.307 e. The number of hydrogen-bond acceptors (Lipinski definition) is 3. The van der Waals surface area contributed by atoms with Crippen LogP contribution >= 0.6 is 0 Å². The van der Waals surface area contributed by atoms with Crippen molar-refractivity contribution in [3.8, 4) is 0 Å². The Morgan fingerprint density at radius 3 is 2.73 bits per heavy atom. The van der Waals surface area contributed by atoms with E-state index in [0.717, 1.165) is 6.42 Å². The van der Waals surface area contributed by atoms with Crippen molar-refractivity contribution < 1.29 is 9.53 Å². The number of rotatable bonds is 6. The van der Waals surface area contributed by atoms with Gasteiger partial charge in [-0.1, -0.05) is 30.3 Å². The molecular formula is C12H17NO2. The highest BCUT2D eigenvalue weighted by molar-refractivity contribution is 5.69. The summed E-state index contributed by atoms with van der Waals surface area (Å²) < 4.78 is 5.07. The van der Waals surface area contributed by atoms with Crippen LogP contribution in [0.2, 0.25) is 0 Å². The van der Waals surface area contributed by atoms with Crippen LogP contribution in [0.25, 0.3) is 0 Å². The quantitative estimate of drug-likeness (QED) is 0.716. The molecule has 1 N–H and O–H groups in total. The van der Waals surface area contributed by atoms with E-state index in [-0.39, 0.29) is 5.97 Å². The molecule has 15 heavy (non-hydrogen) atoms. The van der Waals surface area contributed by atoms with Crippen molar-refractivity contribution in [3.63, 3.8) is 0 Å². The standard InChI is InChI=1S/C12H17NO2/c1-13-9-7-12(14)15-10-8-11-5-3-2-4-6-11/h2-6,13H,7-10H2,1H3. The molecule has 0 aliphatic heterocycles. The van der Waals surface area contributed by atoms with Gasteiger partial charge in [0.1, 0.15) is 0 Å². The summed E-state index contributed by atoms with van der Waals surface area (Å²) in [5.41, 5.74) is 1.19. The summed E-state index contributed by atoms with van der Waals surface area (Å²) in [6, 6.07) is 10.0. The van der Waals surface area contributed by atoms with Crippen molar-refractivity contribution in [3.05, 3.63) is 35.9 Å². The molecule has 0 fully saturated rings. The Hall–Kier alpha value is -1.35. The normalized spacial score (nSPS) is 9.93. The number of benzene rings is 1. The van der Waals surface area contributed by atoms with E-state index in [1.165, 1.54) is 5.56 Å². The van der Waals surface area contributed by atoms with Gasteiger partial charge in [-0.3, -0.25) is 4.79 Å². The van der Waals surface area contributed by atoms with Gasteiger partial charge in [0, 0.05) is 13.0 Å². The van der Waals surface area contributed by atoms with E-state index in [9.17, 15) is 4.79 Å². The Labute approximate surface area is 90.4 Å². The first kappa shape index (κ1) is 11.7. The van der Waals surface area contributed by atoms with Gasteiger partial charge < -0.3 is 10.1 Å². The second kappa shape index (κ2) is 7.01. The average molecular weight is 207 g/mol. The number of carbonyl (C=O) groups is 1. The highest BCUT2D eigenvalue weighted by Crippen LogP contribution is 1.99. The average Bonchev–Trinajstić information content (AvgIpc) is 2.28. The minimum Gasteiger partial charge on any atom is -0.465 e. The molecule has 3 heteroatoms. The monoisotopic (exact) mass is 207 g/mol. The molecule has 0 unspecified atom stereocenters. The van der Waals surface area contributed by atoms with E-state index in [1.54, 1.807) is 0 Å². The maximum absolute atomic E-state index is 11.1. The minimum absolute atomic E-state index is 0.139. The first-order chi connectivity index (χ1) is 7.33. The Morgan fingerprint density at radius 1 is 1.33 bits per heavy atom. The highest BCUT2D eigenvalue weighted by Gasteiger charge is 2.01. The van der Waals surface area contributed by atoms with E-state index in [0.29, 0.717) is 19.6 Å². The highest BCUT2D eigenvalue weighted by atomic mass is 16.5. The second-order valence-electron chi connectivity index (χ2n) is 3.31. The zero-order valence-corrected chi connectivity index (χ0v) is 9.03. The number of hydrogen-bond donors (Lipinski definition) is 1. The molecule has 0 spiro atoms. The molecule has 82 valence electrons. The van der Waals surface area contributed by atoms with Crippen LogP contribution in [0.3, 0.4) is 0 Å². The van der Waals surface area contributed by atoms with Crippen LogP contribution in [-0.4, -0.2) is 26.2 Å². The predicted octanol–water partition coefficient (Wildman–Crippen LogP) is 1.38. The Balaban J connectivity index is 2.14. The summed E-state index contributed by atoms with van der Waals surface area (Å²) in [6.45, 7) is 1.14. The largest absolute Gasteiger partial charge is 0.465 e. The van der Waals surface area contributed by atoms with Crippen LogP contribution in [0, 0.1) is 0 Å². The van der Waals surface area contributed by atoms with Gasteiger partial charge in [0.25, 0.3) is 0 Å². The fourth-order valence-electron chi connectivity index (χ4n) is 1.23. The van der Waals surface area contributed by atoms with Crippen LogP contribution in [0.5, 0.6) is 0 Å². The summed E-state index contributed by atoms with van der Waals surface area (Å²) in [5.74, 6) is -0.139. The topological polar surface area (TPSA) is 38.3 Å². The maximum Gasteiger partial charge on any atom is 0.307 e. The van der Waals surface area contributed by atoms with E-state index < -0.39 is 0 Å². The molecule has 0 heterocycles. The minimum atomic E-state index is -0.139. The van der Waals surface area contributed by atoms with Crippen molar-refractivity contribution in [2.45, 2.75) is 12.8 Å². The van der Waals surface area contributed by atoms with E-state index >= 15 is 0 Å². The van der Waals surface area contributed by atoms with Crippen molar-refractivity contribution in [1.82, 2.24) is 5.32 Å². The van der Waals surface area contributed by atoms with Gasteiger partial charge in [0.15, 0.2) is 0 Å². The van der Waals surface area contributed by atoms with Crippen molar-refractivity contribution in [1.29, 1.82) is 0 Å². The zero-order valence-electron chi connectivity index (χ0n) is 9.03. The molecule has 0 amide bonds. The van der Waals surface area contributed by atoms with Gasteiger partial charge in [0.05, 0.1) is 13.0 Å². The van der Waals surface area contributed by atoms with Crippen LogP contribution in [0.4, 0.5) is 0 Å². The lowest BCUT2D eigenvalue weighted by Crippen LogP contribution is -2.15. The van der Waals surface area contributed by atoms with Gasteiger partial charge in [-0.2, -0.15) is 0 Å². The molecule has 1 aromatic carbocycles. The lowest BCUT2D eigenvalue weighted by Gasteiger charge is -2.04. The van der Waals surface area contributed by atoms with Crippen molar-refractivity contribution in [2.24, 2.45) is 0 Å². The van der Waals surface area contributed by atoms with E-state index in [1.807, 2.05) is 37.4 Å². The van der Waals surface area contributed by atoms with Crippen LogP contribution in [0.1, 0.15) is 12.0 Å². The number of nitrogens with one attached hydrogen (secondary N) is 1. The van der Waals surface area contributed by atoms with E-state index in [2.05, 4.69) is 5.32 Å². The molecule has 1 rings (SSSR count). The third-order valence-electron chi connectivity index (χ3n) is 2.08. The Kier molecular flexibility index (Phi) is 5.48. The van der Waals surface area contributed by atoms with Gasteiger partial charge in [0.2, 0.25) is 0 Å². The summed E-state index contributed by atoms with van der Waals surface area (Å²) in [4.78, 5) is 11.1. The lowest BCUT2D eigenvalue weighted by atomic mass is 10.2. The summed E-state index contributed by atoms with van der Waals surface area (Å²) >= 11 is 0. The molecule has 0 saturated carbocycles. The summed E-state index contributed by atoms with van der Waals surface area (Å²) in [6.07, 6.45) is 1.22. The Bertz CT molecular complexity index is 285. The SMILES string of the molecule is CNCCC(=O)OCCc1ccccc1. The molecule has 0 atom stereocenters. The number of carbonyl (C=O) groups excluding carboxylic acids is 1. The molecule has 0 aliphatic carbocycles. The molecule has 0 aliphatic rings. The van der Waals surface area contributed by atoms with Crippen LogP contribution in [-0.2, 0) is 16.0 Å². The lowest BCUT2D eigenvalue weighted by molar-refractivity contribution is -0.143. The molecule has 0 bridgehead atoms. The molecule has 0 saturated heterocycles. The summed E-state index contributed by atoms with van der Waals surface area (Å²) in [7, 11) is 1.82. The van der Waals surface area contributed by atoms with Crippen molar-refractivity contribution >= 4 is 5.97 Å². The first-order valence-electron chi connectivity index (χ1n) is 5.17. The fourth-order valence-corrected chi connectivity index (χ4v) is 1.23. The third kappa shape index (κ3) is 5.18. The molecule has 3 nitrogen and oxygen atoms in total. The van der Waals surface area contributed by atoms with Gasteiger partial charge in [-0.25, -0.2) is 0 Å². The van der Waals surface area contributed by atoms with Gasteiger partial charge in [-0.05, 0) is 12.6 Å². The fraction of sp³-hybridized carbons (Fsp3) is 0.417. The zero-order chi connectivity index (χ0) is 10.9. The molecule has 1 aromatic rings. The number of ether oxygens (including phenoxy) is 1. The summed E-state index contributed by atoms with van der Waals surface area (Å²) in [5, 5.41) is 2.91. The maximum atomic E-state index is 11.1. The number of esters is 1. The van der Waals surface area contributed by atoms with Gasteiger partial charge in [-0.15, -0.1) is 0 Å². The van der Waals surface area contributed by atoms with Crippen LogP contribution in [0.15, 0.2) is 30.3 Å². The predicted molar refractivity (Wildman–Crippen MR) is 59.6 cm³/mol. The van der Waals surface area contributed by atoms with Crippen LogP contribution < -0.4 is 5.32 Å². The Morgan fingerprint density at radius 2 is 2.07 bits per heavy atom.